The molecule has 0 bridgehead atoms. The standard InChI is InChI=1S/C25H23BrN2O2/c1-2-23(29)28-15-14-19-16-20(10-13-22(19)28)25(30)27-24(17-6-4-3-5-7-17)18-8-11-21(26)12-9-18/h3-13,16,24H,2,14-15H2,1H3,(H,27,30). The minimum atomic E-state index is -0.252. The third-order valence-electron chi connectivity index (χ3n) is 5.45. The van der Waals surface area contributed by atoms with E-state index < -0.39 is 0 Å². The molecule has 30 heavy (non-hydrogen) atoms. The summed E-state index contributed by atoms with van der Waals surface area (Å²) < 4.78 is 0.995. The summed E-state index contributed by atoms with van der Waals surface area (Å²) in [5, 5.41) is 3.19. The van der Waals surface area contributed by atoms with Crippen LogP contribution in [0.3, 0.4) is 0 Å². The number of hydrogen-bond donors (Lipinski definition) is 1. The second-order valence-electron chi connectivity index (χ2n) is 7.36. The molecule has 3 aromatic rings. The van der Waals surface area contributed by atoms with Crippen molar-refractivity contribution in [3.05, 3.63) is 99.5 Å². The zero-order chi connectivity index (χ0) is 21.1. The lowest BCUT2D eigenvalue weighted by Gasteiger charge is -2.21. The number of rotatable bonds is 5. The number of hydrogen-bond acceptors (Lipinski definition) is 2. The Morgan fingerprint density at radius 1 is 1.00 bits per heavy atom. The summed E-state index contributed by atoms with van der Waals surface area (Å²) in [7, 11) is 0. The molecule has 1 aliphatic heterocycles. The second kappa shape index (κ2) is 8.84. The number of anilines is 1. The fraction of sp³-hybridized carbons (Fsp3) is 0.200. The van der Waals surface area contributed by atoms with Gasteiger partial charge in [0.2, 0.25) is 5.91 Å². The van der Waals surface area contributed by atoms with Crippen molar-refractivity contribution in [2.45, 2.75) is 25.8 Å². The first-order valence-electron chi connectivity index (χ1n) is 10.1. The van der Waals surface area contributed by atoms with E-state index in [1.165, 1.54) is 0 Å². The van der Waals surface area contributed by atoms with Gasteiger partial charge in [-0.1, -0.05) is 65.3 Å². The first-order chi connectivity index (χ1) is 14.6. The van der Waals surface area contributed by atoms with Crippen LogP contribution in [0, 0.1) is 0 Å². The Hall–Kier alpha value is -2.92. The number of nitrogens with one attached hydrogen (secondary N) is 1. The van der Waals surface area contributed by atoms with Gasteiger partial charge >= 0.3 is 0 Å². The first kappa shape index (κ1) is 20.4. The summed E-state index contributed by atoms with van der Waals surface area (Å²) in [5.41, 5.74) is 4.61. The number of halogens is 1. The predicted octanol–water partition coefficient (Wildman–Crippen LogP) is 5.27. The van der Waals surface area contributed by atoms with E-state index in [2.05, 4.69) is 21.2 Å². The van der Waals surface area contributed by atoms with Gasteiger partial charge in [-0.05, 0) is 53.4 Å². The van der Waals surface area contributed by atoms with Crippen LogP contribution in [0.25, 0.3) is 0 Å². The van der Waals surface area contributed by atoms with Crippen molar-refractivity contribution in [1.29, 1.82) is 0 Å². The van der Waals surface area contributed by atoms with Gasteiger partial charge in [0, 0.05) is 28.7 Å². The van der Waals surface area contributed by atoms with E-state index in [4.69, 9.17) is 0 Å². The van der Waals surface area contributed by atoms with Crippen LogP contribution >= 0.6 is 15.9 Å². The van der Waals surface area contributed by atoms with Gasteiger partial charge < -0.3 is 10.2 Å². The molecule has 5 heteroatoms. The van der Waals surface area contributed by atoms with Crippen molar-refractivity contribution in [2.24, 2.45) is 0 Å². The van der Waals surface area contributed by atoms with Crippen molar-refractivity contribution in [2.75, 3.05) is 11.4 Å². The number of benzene rings is 3. The van der Waals surface area contributed by atoms with Gasteiger partial charge in [-0.2, -0.15) is 0 Å². The SMILES string of the molecule is CCC(=O)N1CCc2cc(C(=O)NC(c3ccccc3)c3ccc(Br)cc3)ccc21. The van der Waals surface area contributed by atoms with Crippen molar-refractivity contribution in [3.8, 4) is 0 Å². The minimum absolute atomic E-state index is 0.116. The van der Waals surface area contributed by atoms with Gasteiger partial charge in [-0.15, -0.1) is 0 Å². The molecule has 4 rings (SSSR count). The molecule has 1 unspecified atom stereocenters. The average Bonchev–Trinajstić information content (AvgIpc) is 3.21. The summed E-state index contributed by atoms with van der Waals surface area (Å²) in [5.74, 6) is -0.0137. The molecule has 3 aromatic carbocycles. The maximum Gasteiger partial charge on any atom is 0.252 e. The summed E-state index contributed by atoms with van der Waals surface area (Å²) in [6.45, 7) is 2.55. The number of carbonyl (C=O) groups is 2. The van der Waals surface area contributed by atoms with E-state index in [0.29, 0.717) is 18.5 Å². The minimum Gasteiger partial charge on any atom is -0.341 e. The highest BCUT2D eigenvalue weighted by Crippen LogP contribution is 2.30. The molecular weight excluding hydrogens is 440 g/mol. The highest BCUT2D eigenvalue weighted by molar-refractivity contribution is 9.10. The van der Waals surface area contributed by atoms with Gasteiger partial charge in [-0.25, -0.2) is 0 Å². The third-order valence-corrected chi connectivity index (χ3v) is 5.98. The Bertz CT molecular complexity index is 1060. The van der Waals surface area contributed by atoms with E-state index in [-0.39, 0.29) is 17.9 Å². The molecular formula is C25H23BrN2O2. The zero-order valence-corrected chi connectivity index (χ0v) is 18.4. The molecule has 1 N–H and O–H groups in total. The highest BCUT2D eigenvalue weighted by Gasteiger charge is 2.25. The van der Waals surface area contributed by atoms with Crippen LogP contribution in [0.4, 0.5) is 5.69 Å². The molecule has 152 valence electrons. The van der Waals surface area contributed by atoms with E-state index in [0.717, 1.165) is 33.3 Å². The van der Waals surface area contributed by atoms with Gasteiger partial charge in [0.25, 0.3) is 5.91 Å². The van der Waals surface area contributed by atoms with Crippen LogP contribution in [0.2, 0.25) is 0 Å². The third kappa shape index (κ3) is 4.17. The van der Waals surface area contributed by atoms with Gasteiger partial charge in [0.1, 0.15) is 0 Å². The molecule has 0 spiro atoms. The van der Waals surface area contributed by atoms with Gasteiger partial charge in [0.05, 0.1) is 6.04 Å². The number of amides is 2. The molecule has 0 aromatic heterocycles. The molecule has 0 aliphatic carbocycles. The van der Waals surface area contributed by atoms with Crippen molar-refractivity contribution < 1.29 is 9.59 Å². The predicted molar refractivity (Wildman–Crippen MR) is 123 cm³/mol. The summed E-state index contributed by atoms with van der Waals surface area (Å²) >= 11 is 3.47. The Morgan fingerprint density at radius 2 is 1.70 bits per heavy atom. The van der Waals surface area contributed by atoms with Crippen molar-refractivity contribution in [3.63, 3.8) is 0 Å². The molecule has 2 amide bonds. The van der Waals surface area contributed by atoms with E-state index >= 15 is 0 Å². The summed E-state index contributed by atoms with van der Waals surface area (Å²) in [6, 6.07) is 23.3. The summed E-state index contributed by atoms with van der Waals surface area (Å²) in [6.07, 6.45) is 1.25. The zero-order valence-electron chi connectivity index (χ0n) is 16.8. The Morgan fingerprint density at radius 3 is 2.40 bits per heavy atom. The topological polar surface area (TPSA) is 49.4 Å². The second-order valence-corrected chi connectivity index (χ2v) is 8.28. The Balaban J connectivity index is 1.60. The molecule has 0 radical (unpaired) electrons. The average molecular weight is 463 g/mol. The molecule has 0 saturated carbocycles. The highest BCUT2D eigenvalue weighted by atomic mass is 79.9. The Kier molecular flexibility index (Phi) is 6.00. The van der Waals surface area contributed by atoms with Gasteiger partial charge in [-0.3, -0.25) is 9.59 Å². The fourth-order valence-electron chi connectivity index (χ4n) is 3.87. The lowest BCUT2D eigenvalue weighted by molar-refractivity contribution is -0.118. The maximum absolute atomic E-state index is 13.1. The van der Waals surface area contributed by atoms with E-state index in [1.807, 2.05) is 78.6 Å². The van der Waals surface area contributed by atoms with Crippen LogP contribution in [0.1, 0.15) is 46.4 Å². The van der Waals surface area contributed by atoms with E-state index in [1.54, 1.807) is 6.07 Å². The van der Waals surface area contributed by atoms with Crippen LogP contribution in [0.15, 0.2) is 77.3 Å². The molecule has 1 heterocycles. The van der Waals surface area contributed by atoms with Crippen LogP contribution in [0.5, 0.6) is 0 Å². The molecule has 0 fully saturated rings. The van der Waals surface area contributed by atoms with Crippen LogP contribution in [-0.2, 0) is 11.2 Å². The lowest BCUT2D eigenvalue weighted by atomic mass is 9.98. The van der Waals surface area contributed by atoms with Crippen molar-refractivity contribution >= 4 is 33.4 Å². The number of nitrogens with zero attached hydrogens (tertiary/aromatic N) is 1. The number of carbonyl (C=O) groups excluding carboxylic acids is 2. The number of fused-ring (bicyclic) bond motifs is 1. The van der Waals surface area contributed by atoms with E-state index in [9.17, 15) is 9.59 Å². The van der Waals surface area contributed by atoms with Crippen LogP contribution in [-0.4, -0.2) is 18.4 Å². The monoisotopic (exact) mass is 462 g/mol. The summed E-state index contributed by atoms with van der Waals surface area (Å²) in [4.78, 5) is 27.1. The Labute approximate surface area is 185 Å². The van der Waals surface area contributed by atoms with Gasteiger partial charge in [0.15, 0.2) is 0 Å². The first-order valence-corrected chi connectivity index (χ1v) is 10.9. The van der Waals surface area contributed by atoms with Crippen molar-refractivity contribution in [1.82, 2.24) is 5.32 Å². The molecule has 0 saturated heterocycles. The lowest BCUT2D eigenvalue weighted by Crippen LogP contribution is -2.29. The smallest absolute Gasteiger partial charge is 0.252 e. The molecule has 1 atom stereocenters. The quantitative estimate of drug-likeness (QED) is 0.561. The normalized spacial score (nSPS) is 13.6. The molecule has 1 aliphatic rings. The maximum atomic E-state index is 13.1. The largest absolute Gasteiger partial charge is 0.341 e. The molecule has 4 nitrogen and oxygen atoms in total. The van der Waals surface area contributed by atoms with Crippen LogP contribution < -0.4 is 10.2 Å². The fourth-order valence-corrected chi connectivity index (χ4v) is 4.13.